The Hall–Kier alpha value is -3.51. The van der Waals surface area contributed by atoms with E-state index in [-0.39, 0.29) is 19.3 Å². The lowest BCUT2D eigenvalue weighted by Crippen LogP contribution is -2.54. The third kappa shape index (κ3) is 9.69. The molecule has 1 rings (SSSR count). The largest absolute Gasteiger partial charge is 0.480 e. The van der Waals surface area contributed by atoms with Crippen LogP contribution in [0.15, 0.2) is 30.3 Å². The molecule has 0 spiro atoms. The molecule has 12 heteroatoms. The number of amides is 4. The Balaban J connectivity index is 2.77. The van der Waals surface area contributed by atoms with Gasteiger partial charge in [0.25, 0.3) is 0 Å². The fourth-order valence-electron chi connectivity index (χ4n) is 2.49. The van der Waals surface area contributed by atoms with E-state index in [9.17, 15) is 24.0 Å². The van der Waals surface area contributed by atoms with Crippen molar-refractivity contribution in [1.82, 2.24) is 16.0 Å². The minimum Gasteiger partial charge on any atom is -0.480 e. The summed E-state index contributed by atoms with van der Waals surface area (Å²) in [5, 5.41) is 24.6. The second kappa shape index (κ2) is 12.9. The lowest BCUT2D eigenvalue weighted by Gasteiger charge is -2.21. The molecule has 0 saturated heterocycles. The van der Waals surface area contributed by atoms with Crippen LogP contribution in [-0.2, 0) is 30.4 Å². The molecule has 0 fully saturated rings. The number of nitrogens with two attached hydrogens (primary N) is 2. The second-order valence-electron chi connectivity index (χ2n) is 6.72. The monoisotopic (exact) mass is 437 g/mol. The molecule has 3 unspecified atom stereocenters. The maximum atomic E-state index is 12.6. The number of carboxylic acids is 1. The molecule has 12 nitrogen and oxygen atoms in total. The average Bonchev–Trinajstić information content (AvgIpc) is 2.73. The summed E-state index contributed by atoms with van der Waals surface area (Å²) in [6.45, 7) is -1.39. The number of hydrogen-bond donors (Lipinski definition) is 7. The minimum absolute atomic E-state index is 0.000977. The molecule has 0 radical (unpaired) electrons. The van der Waals surface area contributed by atoms with Crippen molar-refractivity contribution in [3.63, 3.8) is 0 Å². The summed E-state index contributed by atoms with van der Waals surface area (Å²) in [6, 6.07) is 5.10. The predicted octanol–water partition coefficient (Wildman–Crippen LogP) is -3.02. The van der Waals surface area contributed by atoms with Gasteiger partial charge in [-0.15, -0.1) is 0 Å². The Morgan fingerprint density at radius 1 is 0.968 bits per heavy atom. The zero-order valence-electron chi connectivity index (χ0n) is 16.7. The number of carbonyl (C=O) groups excluding carboxylic acids is 4. The van der Waals surface area contributed by atoms with E-state index in [2.05, 4.69) is 10.6 Å². The molecule has 0 aliphatic carbocycles. The van der Waals surface area contributed by atoms with E-state index < -0.39 is 60.9 Å². The number of carbonyl (C=O) groups is 5. The van der Waals surface area contributed by atoms with Crippen molar-refractivity contribution in [2.24, 2.45) is 11.5 Å². The Bertz CT molecular complexity index is 787. The van der Waals surface area contributed by atoms with E-state index in [4.69, 9.17) is 21.7 Å². The van der Waals surface area contributed by atoms with Crippen molar-refractivity contribution in [3.8, 4) is 0 Å². The molecule has 0 aromatic heterocycles. The number of hydrogen-bond acceptors (Lipinski definition) is 7. The number of carboxylic acid groups (broad SMARTS) is 1. The fraction of sp³-hybridized carbons (Fsp3) is 0.421. The number of nitrogens with one attached hydrogen (secondary N) is 3. The molecule has 1 aromatic carbocycles. The molecule has 1 aromatic rings. The summed E-state index contributed by atoms with van der Waals surface area (Å²) in [5.74, 6) is -4.26. The zero-order chi connectivity index (χ0) is 23.4. The molecule has 0 bridgehead atoms. The van der Waals surface area contributed by atoms with Gasteiger partial charge in [0.1, 0.15) is 12.1 Å². The van der Waals surface area contributed by atoms with Gasteiger partial charge in [-0.05, 0) is 12.0 Å². The molecular formula is C19H27N5O7. The van der Waals surface area contributed by atoms with Gasteiger partial charge in [-0.3, -0.25) is 19.2 Å². The summed E-state index contributed by atoms with van der Waals surface area (Å²) in [5.41, 5.74) is 11.5. The van der Waals surface area contributed by atoms with Crippen LogP contribution in [0.1, 0.15) is 18.4 Å². The Labute approximate surface area is 178 Å². The zero-order valence-corrected chi connectivity index (χ0v) is 16.7. The number of rotatable bonds is 13. The summed E-state index contributed by atoms with van der Waals surface area (Å²) < 4.78 is 0. The van der Waals surface area contributed by atoms with E-state index in [0.717, 1.165) is 5.56 Å². The van der Waals surface area contributed by atoms with E-state index in [1.807, 2.05) is 5.32 Å². The van der Waals surface area contributed by atoms with Crippen molar-refractivity contribution in [1.29, 1.82) is 0 Å². The van der Waals surface area contributed by atoms with Crippen LogP contribution in [0.25, 0.3) is 0 Å². The van der Waals surface area contributed by atoms with Crippen molar-refractivity contribution < 1.29 is 34.2 Å². The average molecular weight is 437 g/mol. The molecule has 170 valence electrons. The number of benzene rings is 1. The third-order valence-corrected chi connectivity index (χ3v) is 4.19. The van der Waals surface area contributed by atoms with Crippen LogP contribution in [0.4, 0.5) is 0 Å². The SMILES string of the molecule is NC(=O)CCC(N)C(=O)NC(Cc1ccccc1)C(=O)NCC(=O)NC(CO)C(=O)O. The number of aliphatic hydroxyl groups is 1. The second-order valence-corrected chi connectivity index (χ2v) is 6.72. The first-order valence-electron chi connectivity index (χ1n) is 9.43. The lowest BCUT2D eigenvalue weighted by atomic mass is 10.0. The van der Waals surface area contributed by atoms with Gasteiger partial charge < -0.3 is 37.6 Å². The predicted molar refractivity (Wildman–Crippen MR) is 108 cm³/mol. The molecule has 9 N–H and O–H groups in total. The molecule has 3 atom stereocenters. The van der Waals surface area contributed by atoms with Crippen molar-refractivity contribution >= 4 is 29.6 Å². The Kier molecular flexibility index (Phi) is 10.6. The molecule has 31 heavy (non-hydrogen) atoms. The summed E-state index contributed by atoms with van der Waals surface area (Å²) in [4.78, 5) is 58.4. The van der Waals surface area contributed by atoms with E-state index in [1.165, 1.54) is 0 Å². The normalized spacial score (nSPS) is 13.4. The topological polar surface area (TPSA) is 214 Å². The van der Waals surface area contributed by atoms with Crippen LogP contribution in [0.5, 0.6) is 0 Å². The highest BCUT2D eigenvalue weighted by molar-refractivity contribution is 5.92. The quantitative estimate of drug-likeness (QED) is 0.168. The maximum absolute atomic E-state index is 12.6. The van der Waals surface area contributed by atoms with Gasteiger partial charge in [0.05, 0.1) is 19.2 Å². The Morgan fingerprint density at radius 3 is 2.16 bits per heavy atom. The fourth-order valence-corrected chi connectivity index (χ4v) is 2.49. The van der Waals surface area contributed by atoms with Crippen LogP contribution >= 0.6 is 0 Å². The lowest BCUT2D eigenvalue weighted by molar-refractivity contribution is -0.142. The first-order valence-corrected chi connectivity index (χ1v) is 9.43. The number of primary amides is 1. The highest BCUT2D eigenvalue weighted by Crippen LogP contribution is 2.05. The molecular weight excluding hydrogens is 410 g/mol. The number of aliphatic hydroxyl groups excluding tert-OH is 1. The third-order valence-electron chi connectivity index (χ3n) is 4.19. The van der Waals surface area contributed by atoms with E-state index in [1.54, 1.807) is 30.3 Å². The van der Waals surface area contributed by atoms with Crippen LogP contribution in [0.3, 0.4) is 0 Å². The molecule has 0 aliphatic rings. The summed E-state index contributed by atoms with van der Waals surface area (Å²) in [6.07, 6.45) is -0.00213. The van der Waals surface area contributed by atoms with Crippen LogP contribution in [0, 0.1) is 0 Å². The minimum atomic E-state index is -1.51. The van der Waals surface area contributed by atoms with Crippen molar-refractivity contribution in [3.05, 3.63) is 35.9 Å². The standard InChI is InChI=1S/C19H27N5O7/c20-12(6-7-15(21)26)17(28)24-13(8-11-4-2-1-3-5-11)18(29)22-9-16(27)23-14(10-25)19(30)31/h1-5,12-14,25H,6-10,20H2,(H2,21,26)(H,22,29)(H,23,27)(H,24,28)(H,30,31). The molecule has 0 aliphatic heterocycles. The maximum Gasteiger partial charge on any atom is 0.328 e. The van der Waals surface area contributed by atoms with Crippen LogP contribution in [-0.4, -0.2) is 71.1 Å². The first kappa shape index (κ1) is 25.5. The smallest absolute Gasteiger partial charge is 0.328 e. The van der Waals surface area contributed by atoms with Crippen molar-refractivity contribution in [2.75, 3.05) is 13.2 Å². The van der Waals surface area contributed by atoms with Gasteiger partial charge in [0.15, 0.2) is 0 Å². The highest BCUT2D eigenvalue weighted by Gasteiger charge is 2.25. The van der Waals surface area contributed by atoms with E-state index >= 15 is 0 Å². The first-order chi connectivity index (χ1) is 14.6. The van der Waals surface area contributed by atoms with Gasteiger partial charge in [-0.25, -0.2) is 4.79 Å². The van der Waals surface area contributed by atoms with E-state index in [0.29, 0.717) is 0 Å². The Morgan fingerprint density at radius 2 is 1.61 bits per heavy atom. The van der Waals surface area contributed by atoms with Crippen molar-refractivity contribution in [2.45, 2.75) is 37.4 Å². The summed E-state index contributed by atoms with van der Waals surface area (Å²) >= 11 is 0. The van der Waals surface area contributed by atoms with Gasteiger partial charge in [0, 0.05) is 12.8 Å². The van der Waals surface area contributed by atoms with Gasteiger partial charge in [-0.1, -0.05) is 30.3 Å². The van der Waals surface area contributed by atoms with Gasteiger partial charge >= 0.3 is 5.97 Å². The molecule has 4 amide bonds. The molecule has 0 saturated carbocycles. The summed E-state index contributed by atoms with van der Waals surface area (Å²) in [7, 11) is 0. The van der Waals surface area contributed by atoms with Crippen LogP contribution in [0.2, 0.25) is 0 Å². The molecule has 0 heterocycles. The van der Waals surface area contributed by atoms with Gasteiger partial charge in [-0.2, -0.15) is 0 Å². The highest BCUT2D eigenvalue weighted by atomic mass is 16.4. The van der Waals surface area contributed by atoms with Gasteiger partial charge in [0.2, 0.25) is 23.6 Å². The van der Waals surface area contributed by atoms with Crippen LogP contribution < -0.4 is 27.4 Å². The number of aliphatic carboxylic acids is 1.